The van der Waals surface area contributed by atoms with Crippen molar-refractivity contribution in [2.75, 3.05) is 18.4 Å². The lowest BCUT2D eigenvalue weighted by atomic mass is 10.0. The smallest absolute Gasteiger partial charge is 0.331 e. The van der Waals surface area contributed by atoms with Crippen LogP contribution in [0.2, 0.25) is 0 Å². The largest absolute Gasteiger partial charge is 0.338 e. The molecule has 2 aromatic carbocycles. The van der Waals surface area contributed by atoms with E-state index in [1.807, 2.05) is 19.9 Å². The van der Waals surface area contributed by atoms with Crippen molar-refractivity contribution in [3.63, 3.8) is 0 Å². The van der Waals surface area contributed by atoms with Gasteiger partial charge in [-0.15, -0.1) is 0 Å². The molecule has 39 heavy (non-hydrogen) atoms. The van der Waals surface area contributed by atoms with E-state index in [0.717, 1.165) is 5.56 Å². The zero-order chi connectivity index (χ0) is 28.2. The van der Waals surface area contributed by atoms with E-state index in [9.17, 15) is 24.0 Å². The number of fused-ring (bicyclic) bond motifs is 2. The van der Waals surface area contributed by atoms with Crippen LogP contribution in [0.5, 0.6) is 0 Å². The number of carbonyl (C=O) groups excluding carboxylic acids is 2. The van der Waals surface area contributed by atoms with Crippen molar-refractivity contribution in [1.82, 2.24) is 23.2 Å². The van der Waals surface area contributed by atoms with Crippen molar-refractivity contribution in [3.8, 4) is 0 Å². The van der Waals surface area contributed by atoms with E-state index in [4.69, 9.17) is 0 Å². The van der Waals surface area contributed by atoms with Crippen molar-refractivity contribution in [3.05, 3.63) is 72.8 Å². The van der Waals surface area contributed by atoms with Gasteiger partial charge in [-0.3, -0.25) is 32.7 Å². The molecule has 1 N–H and O–H groups in total. The number of rotatable bonds is 4. The zero-order valence-electron chi connectivity index (χ0n) is 22.8. The van der Waals surface area contributed by atoms with Crippen LogP contribution >= 0.6 is 0 Å². The highest BCUT2D eigenvalue weighted by molar-refractivity contribution is 6.06. The van der Waals surface area contributed by atoms with Gasteiger partial charge in [0, 0.05) is 46.7 Å². The molecule has 0 saturated carbocycles. The highest BCUT2D eigenvalue weighted by Gasteiger charge is 2.29. The SMILES string of the molecule is CCn1c(=O)n(C)c2cc(NC(C)=O)c(C(=O)N3CCC(n4c(=O)c5cc(C)ccc5n(C)c4=O)CC3)cc21. The summed E-state index contributed by atoms with van der Waals surface area (Å²) in [7, 11) is 3.31. The predicted molar refractivity (Wildman–Crippen MR) is 150 cm³/mol. The van der Waals surface area contributed by atoms with Gasteiger partial charge in [-0.25, -0.2) is 9.59 Å². The van der Waals surface area contributed by atoms with Gasteiger partial charge in [-0.05, 0) is 51.0 Å². The third-order valence-electron chi connectivity index (χ3n) is 7.71. The van der Waals surface area contributed by atoms with Crippen LogP contribution in [0, 0.1) is 6.92 Å². The highest BCUT2D eigenvalue weighted by Crippen LogP contribution is 2.28. The number of aromatic nitrogens is 4. The summed E-state index contributed by atoms with van der Waals surface area (Å²) in [5.41, 5.74) is 2.48. The number of nitrogens with one attached hydrogen (secondary N) is 1. The quantitative estimate of drug-likeness (QED) is 0.432. The maximum atomic E-state index is 13.7. The van der Waals surface area contributed by atoms with Crippen LogP contribution in [0.1, 0.15) is 48.7 Å². The molecule has 0 unspecified atom stereocenters. The van der Waals surface area contributed by atoms with Crippen molar-refractivity contribution in [2.45, 2.75) is 46.2 Å². The molecule has 1 aliphatic heterocycles. The fraction of sp³-hybridized carbons (Fsp3) is 0.393. The summed E-state index contributed by atoms with van der Waals surface area (Å²) in [4.78, 5) is 66.5. The third kappa shape index (κ3) is 4.27. The minimum absolute atomic E-state index is 0.204. The van der Waals surface area contributed by atoms with Crippen molar-refractivity contribution >= 4 is 39.4 Å². The number of hydrogen-bond acceptors (Lipinski definition) is 5. The summed E-state index contributed by atoms with van der Waals surface area (Å²) in [5.74, 6) is -0.615. The molecule has 0 spiro atoms. The lowest BCUT2D eigenvalue weighted by Crippen LogP contribution is -2.46. The average Bonchev–Trinajstić information content (AvgIpc) is 3.15. The molecule has 1 aliphatic rings. The molecule has 11 heteroatoms. The van der Waals surface area contributed by atoms with Gasteiger partial charge in [-0.2, -0.15) is 0 Å². The van der Waals surface area contributed by atoms with Crippen LogP contribution in [0.15, 0.2) is 44.7 Å². The first-order valence-corrected chi connectivity index (χ1v) is 13.1. The number of aryl methyl sites for hydroxylation is 4. The van der Waals surface area contributed by atoms with Crippen LogP contribution in [0.4, 0.5) is 5.69 Å². The molecule has 5 rings (SSSR count). The molecule has 0 atom stereocenters. The number of benzene rings is 2. The molecule has 11 nitrogen and oxygen atoms in total. The second-order valence-corrected chi connectivity index (χ2v) is 10.2. The first-order chi connectivity index (χ1) is 18.5. The van der Waals surface area contributed by atoms with Gasteiger partial charge in [0.1, 0.15) is 0 Å². The molecular weight excluding hydrogens is 500 g/mol. The van der Waals surface area contributed by atoms with E-state index in [1.54, 1.807) is 47.8 Å². The second-order valence-electron chi connectivity index (χ2n) is 10.2. The number of anilines is 1. The minimum Gasteiger partial charge on any atom is -0.338 e. The Bertz CT molecular complexity index is 1830. The van der Waals surface area contributed by atoms with E-state index in [-0.39, 0.29) is 34.8 Å². The Morgan fingerprint density at radius 2 is 1.59 bits per heavy atom. The van der Waals surface area contributed by atoms with Crippen LogP contribution in [-0.4, -0.2) is 48.1 Å². The number of hydrogen-bond donors (Lipinski definition) is 1. The number of imidazole rings is 1. The van der Waals surface area contributed by atoms with Gasteiger partial charge in [-0.1, -0.05) is 11.6 Å². The molecule has 2 aromatic heterocycles. The highest BCUT2D eigenvalue weighted by atomic mass is 16.2. The fourth-order valence-corrected chi connectivity index (χ4v) is 5.64. The molecule has 1 fully saturated rings. The Balaban J connectivity index is 1.48. The number of carbonyl (C=O) groups is 2. The van der Waals surface area contributed by atoms with Crippen molar-refractivity contribution in [1.29, 1.82) is 0 Å². The van der Waals surface area contributed by atoms with E-state index in [2.05, 4.69) is 5.32 Å². The first-order valence-electron chi connectivity index (χ1n) is 13.1. The lowest BCUT2D eigenvalue weighted by Gasteiger charge is -2.33. The molecule has 0 bridgehead atoms. The number of amides is 2. The van der Waals surface area contributed by atoms with Crippen LogP contribution in [-0.2, 0) is 25.4 Å². The normalized spacial score (nSPS) is 14.3. The Labute approximate surface area is 223 Å². The minimum atomic E-state index is -0.374. The molecule has 0 radical (unpaired) electrons. The molecule has 2 amide bonds. The molecular formula is C28H32N6O5. The van der Waals surface area contributed by atoms with Crippen LogP contribution in [0.3, 0.4) is 0 Å². The van der Waals surface area contributed by atoms with E-state index < -0.39 is 0 Å². The Hall–Kier alpha value is -4.41. The maximum absolute atomic E-state index is 13.7. The van der Waals surface area contributed by atoms with Crippen LogP contribution < -0.4 is 22.3 Å². The van der Waals surface area contributed by atoms with E-state index in [1.165, 1.54) is 20.6 Å². The molecule has 4 aromatic rings. The first kappa shape index (κ1) is 26.2. The number of nitrogens with zero attached hydrogens (tertiary/aromatic N) is 5. The molecule has 0 aliphatic carbocycles. The second kappa shape index (κ2) is 9.72. The summed E-state index contributed by atoms with van der Waals surface area (Å²) in [6, 6.07) is 8.43. The summed E-state index contributed by atoms with van der Waals surface area (Å²) in [5, 5.41) is 3.23. The fourth-order valence-electron chi connectivity index (χ4n) is 5.64. The van der Waals surface area contributed by atoms with E-state index in [0.29, 0.717) is 65.7 Å². The summed E-state index contributed by atoms with van der Waals surface area (Å²) < 4.78 is 5.89. The molecule has 204 valence electrons. The lowest BCUT2D eigenvalue weighted by molar-refractivity contribution is -0.114. The maximum Gasteiger partial charge on any atom is 0.331 e. The summed E-state index contributed by atoms with van der Waals surface area (Å²) in [6.07, 6.45) is 0.863. The van der Waals surface area contributed by atoms with E-state index >= 15 is 0 Å². The van der Waals surface area contributed by atoms with Crippen LogP contribution in [0.25, 0.3) is 21.9 Å². The van der Waals surface area contributed by atoms with Gasteiger partial charge >= 0.3 is 11.4 Å². The zero-order valence-corrected chi connectivity index (χ0v) is 22.8. The average molecular weight is 533 g/mol. The summed E-state index contributed by atoms with van der Waals surface area (Å²) in [6.45, 7) is 6.22. The Morgan fingerprint density at radius 1 is 0.923 bits per heavy atom. The third-order valence-corrected chi connectivity index (χ3v) is 7.71. The van der Waals surface area contributed by atoms with Gasteiger partial charge < -0.3 is 10.2 Å². The Morgan fingerprint density at radius 3 is 2.23 bits per heavy atom. The standard InChI is InChI=1S/C28H32N6O5/c1-6-33-24-14-19(21(29-17(3)35)15-23(24)31(5)27(33)38)25(36)32-11-9-18(10-12-32)34-26(37)20-13-16(2)7-8-22(20)30(4)28(34)39/h7-8,13-15,18H,6,9-12H2,1-5H3,(H,29,35). The monoisotopic (exact) mass is 532 g/mol. The van der Waals surface area contributed by atoms with Gasteiger partial charge in [0.25, 0.3) is 11.5 Å². The van der Waals surface area contributed by atoms with Crippen molar-refractivity contribution in [2.24, 2.45) is 14.1 Å². The topological polar surface area (TPSA) is 120 Å². The Kier molecular flexibility index (Phi) is 6.53. The summed E-state index contributed by atoms with van der Waals surface area (Å²) >= 11 is 0. The van der Waals surface area contributed by atoms with Gasteiger partial charge in [0.15, 0.2) is 0 Å². The molecule has 1 saturated heterocycles. The van der Waals surface area contributed by atoms with Gasteiger partial charge in [0.05, 0.1) is 33.2 Å². The van der Waals surface area contributed by atoms with Gasteiger partial charge in [0.2, 0.25) is 5.91 Å². The van der Waals surface area contributed by atoms with Crippen molar-refractivity contribution < 1.29 is 9.59 Å². The number of likely N-dealkylation sites (tertiary alicyclic amines) is 1. The predicted octanol–water partition coefficient (Wildman–Crippen LogP) is 2.12. The molecule has 3 heterocycles. The number of piperidine rings is 1.